The predicted molar refractivity (Wildman–Crippen MR) is 87.7 cm³/mol. The Labute approximate surface area is 140 Å². The van der Waals surface area contributed by atoms with Crippen LogP contribution < -0.4 is 15.4 Å². The Bertz CT molecular complexity index is 623. The number of hydrogen-bond donors (Lipinski definition) is 1. The lowest BCUT2D eigenvalue weighted by molar-refractivity contribution is -0.133. The Kier molecular flexibility index (Phi) is 4.61. The van der Waals surface area contributed by atoms with Crippen LogP contribution in [0.1, 0.15) is 12.8 Å². The summed E-state index contributed by atoms with van der Waals surface area (Å²) in [5.74, 6) is 0.177. The SMILES string of the molecule is NC(=O)[C@H]1CCCN(C(=O)CN2CCOc3ccc(Cl)cc32)C1. The highest BCUT2D eigenvalue weighted by Crippen LogP contribution is 2.34. The van der Waals surface area contributed by atoms with Crippen LogP contribution in [0.2, 0.25) is 5.02 Å². The Hall–Kier alpha value is -1.95. The van der Waals surface area contributed by atoms with E-state index in [0.717, 1.165) is 24.3 Å². The molecule has 2 aliphatic heterocycles. The molecule has 2 heterocycles. The van der Waals surface area contributed by atoms with Crippen LogP contribution in [0.5, 0.6) is 5.75 Å². The minimum absolute atomic E-state index is 0.00350. The number of fused-ring (bicyclic) bond motifs is 1. The number of nitrogens with two attached hydrogens (primary N) is 1. The molecule has 1 atom stereocenters. The highest BCUT2D eigenvalue weighted by molar-refractivity contribution is 6.31. The van der Waals surface area contributed by atoms with Crippen molar-refractivity contribution in [3.63, 3.8) is 0 Å². The number of likely N-dealkylation sites (tertiary alicyclic amines) is 1. The maximum Gasteiger partial charge on any atom is 0.242 e. The Morgan fingerprint density at radius 3 is 2.96 bits per heavy atom. The molecule has 1 saturated heterocycles. The molecule has 0 spiro atoms. The first-order valence-corrected chi connectivity index (χ1v) is 8.17. The van der Waals surface area contributed by atoms with Gasteiger partial charge in [-0.3, -0.25) is 9.59 Å². The molecule has 0 bridgehead atoms. The van der Waals surface area contributed by atoms with E-state index in [1.807, 2.05) is 17.0 Å². The van der Waals surface area contributed by atoms with Crippen LogP contribution >= 0.6 is 11.6 Å². The first-order valence-electron chi connectivity index (χ1n) is 7.79. The molecule has 0 saturated carbocycles. The first kappa shape index (κ1) is 15.9. The van der Waals surface area contributed by atoms with Crippen LogP contribution in [0.25, 0.3) is 0 Å². The number of carbonyl (C=O) groups is 2. The number of nitrogens with zero attached hydrogens (tertiary/aromatic N) is 2. The van der Waals surface area contributed by atoms with Gasteiger partial charge >= 0.3 is 0 Å². The number of rotatable bonds is 3. The van der Waals surface area contributed by atoms with E-state index in [1.165, 1.54) is 0 Å². The molecule has 6 nitrogen and oxygen atoms in total. The summed E-state index contributed by atoms with van der Waals surface area (Å²) in [5, 5.41) is 0.610. The van der Waals surface area contributed by atoms with Gasteiger partial charge in [0.25, 0.3) is 0 Å². The van der Waals surface area contributed by atoms with Crippen molar-refractivity contribution in [2.24, 2.45) is 11.7 Å². The minimum Gasteiger partial charge on any atom is -0.490 e. The van der Waals surface area contributed by atoms with Crippen molar-refractivity contribution in [3.05, 3.63) is 23.2 Å². The van der Waals surface area contributed by atoms with Gasteiger partial charge in [-0.1, -0.05) is 11.6 Å². The maximum absolute atomic E-state index is 12.6. The van der Waals surface area contributed by atoms with Gasteiger partial charge in [0, 0.05) is 18.1 Å². The van der Waals surface area contributed by atoms with E-state index in [9.17, 15) is 9.59 Å². The van der Waals surface area contributed by atoms with E-state index in [2.05, 4.69) is 0 Å². The summed E-state index contributed by atoms with van der Waals surface area (Å²) >= 11 is 6.05. The molecule has 23 heavy (non-hydrogen) atoms. The van der Waals surface area contributed by atoms with Crippen LogP contribution in [0.4, 0.5) is 5.69 Å². The molecule has 2 amide bonds. The highest BCUT2D eigenvalue weighted by Gasteiger charge is 2.29. The van der Waals surface area contributed by atoms with Gasteiger partial charge in [0.05, 0.1) is 24.7 Å². The lowest BCUT2D eigenvalue weighted by Gasteiger charge is -2.35. The van der Waals surface area contributed by atoms with E-state index in [4.69, 9.17) is 22.1 Å². The average Bonchev–Trinajstić information content (AvgIpc) is 2.55. The lowest BCUT2D eigenvalue weighted by atomic mass is 9.97. The number of amides is 2. The fraction of sp³-hybridized carbons (Fsp3) is 0.500. The fourth-order valence-corrected chi connectivity index (χ4v) is 3.28. The van der Waals surface area contributed by atoms with Crippen molar-refractivity contribution in [1.29, 1.82) is 0 Å². The number of halogens is 1. The third-order valence-electron chi connectivity index (χ3n) is 4.38. The fourth-order valence-electron chi connectivity index (χ4n) is 3.11. The molecule has 0 aliphatic carbocycles. The number of anilines is 1. The molecule has 7 heteroatoms. The van der Waals surface area contributed by atoms with Gasteiger partial charge in [0.15, 0.2) is 0 Å². The smallest absolute Gasteiger partial charge is 0.242 e. The van der Waals surface area contributed by atoms with E-state index in [1.54, 1.807) is 11.0 Å². The van der Waals surface area contributed by atoms with Gasteiger partial charge in [-0.2, -0.15) is 0 Å². The number of piperidine rings is 1. The van der Waals surface area contributed by atoms with Gasteiger partial charge in [0.2, 0.25) is 11.8 Å². The predicted octanol–water partition coefficient (Wildman–Crippen LogP) is 1.26. The Morgan fingerprint density at radius 1 is 1.35 bits per heavy atom. The topological polar surface area (TPSA) is 75.9 Å². The quantitative estimate of drug-likeness (QED) is 0.901. The number of hydrogen-bond acceptors (Lipinski definition) is 4. The van der Waals surface area contributed by atoms with Gasteiger partial charge in [-0.25, -0.2) is 0 Å². The van der Waals surface area contributed by atoms with Gasteiger partial charge in [0.1, 0.15) is 12.4 Å². The van der Waals surface area contributed by atoms with E-state index < -0.39 is 0 Å². The number of benzene rings is 1. The summed E-state index contributed by atoms with van der Waals surface area (Å²) < 4.78 is 5.60. The normalized spacial score (nSPS) is 20.7. The average molecular weight is 338 g/mol. The highest BCUT2D eigenvalue weighted by atomic mass is 35.5. The number of ether oxygens (including phenoxy) is 1. The van der Waals surface area contributed by atoms with Gasteiger partial charge in [-0.05, 0) is 31.0 Å². The Morgan fingerprint density at radius 2 is 2.17 bits per heavy atom. The second kappa shape index (κ2) is 6.66. The maximum atomic E-state index is 12.6. The number of carbonyl (C=O) groups excluding carboxylic acids is 2. The first-order chi connectivity index (χ1) is 11.0. The van der Waals surface area contributed by atoms with E-state index in [0.29, 0.717) is 31.3 Å². The van der Waals surface area contributed by atoms with Crippen molar-refractivity contribution in [1.82, 2.24) is 4.90 Å². The van der Waals surface area contributed by atoms with E-state index in [-0.39, 0.29) is 24.3 Å². The number of primary amides is 1. The third-order valence-corrected chi connectivity index (χ3v) is 4.62. The van der Waals surface area contributed by atoms with Crippen LogP contribution in [-0.4, -0.2) is 49.5 Å². The summed E-state index contributed by atoms with van der Waals surface area (Å²) in [5.41, 5.74) is 6.21. The molecule has 3 rings (SSSR count). The summed E-state index contributed by atoms with van der Waals surface area (Å²) in [6, 6.07) is 5.40. The second-order valence-corrected chi connectivity index (χ2v) is 6.40. The Balaban J connectivity index is 1.69. The zero-order valence-electron chi connectivity index (χ0n) is 12.8. The van der Waals surface area contributed by atoms with Crippen molar-refractivity contribution >= 4 is 29.1 Å². The van der Waals surface area contributed by atoms with Crippen LogP contribution in [0.3, 0.4) is 0 Å². The van der Waals surface area contributed by atoms with Gasteiger partial charge < -0.3 is 20.3 Å². The van der Waals surface area contributed by atoms with Crippen molar-refractivity contribution in [2.75, 3.05) is 37.7 Å². The standard InChI is InChI=1S/C16H20ClN3O3/c17-12-3-4-14-13(8-12)19(6-7-23-14)10-15(21)20-5-1-2-11(9-20)16(18)22/h3-4,8,11H,1-2,5-7,9-10H2,(H2,18,22)/t11-/m0/s1. The molecule has 0 radical (unpaired) electrons. The zero-order valence-corrected chi connectivity index (χ0v) is 13.6. The molecule has 1 fully saturated rings. The molecule has 0 unspecified atom stereocenters. The lowest BCUT2D eigenvalue weighted by Crippen LogP contribution is -2.48. The molecule has 0 aromatic heterocycles. The minimum atomic E-state index is -0.328. The monoisotopic (exact) mass is 337 g/mol. The van der Waals surface area contributed by atoms with E-state index >= 15 is 0 Å². The van der Waals surface area contributed by atoms with Crippen LogP contribution in [-0.2, 0) is 9.59 Å². The van der Waals surface area contributed by atoms with Crippen LogP contribution in [0.15, 0.2) is 18.2 Å². The third kappa shape index (κ3) is 3.52. The van der Waals surface area contributed by atoms with Crippen molar-refractivity contribution < 1.29 is 14.3 Å². The molecule has 124 valence electrons. The molecule has 1 aromatic carbocycles. The molecular weight excluding hydrogens is 318 g/mol. The summed E-state index contributed by atoms with van der Waals surface area (Å²) in [7, 11) is 0. The molecular formula is C16H20ClN3O3. The summed E-state index contributed by atoms with van der Waals surface area (Å²) in [6.07, 6.45) is 1.57. The van der Waals surface area contributed by atoms with Crippen molar-refractivity contribution in [3.8, 4) is 5.75 Å². The largest absolute Gasteiger partial charge is 0.490 e. The van der Waals surface area contributed by atoms with Crippen molar-refractivity contribution in [2.45, 2.75) is 12.8 Å². The van der Waals surface area contributed by atoms with Crippen LogP contribution in [0, 0.1) is 5.92 Å². The molecule has 2 aliphatic rings. The zero-order chi connectivity index (χ0) is 16.4. The molecule has 1 aromatic rings. The van der Waals surface area contributed by atoms with Gasteiger partial charge in [-0.15, -0.1) is 0 Å². The second-order valence-electron chi connectivity index (χ2n) is 5.96. The summed E-state index contributed by atoms with van der Waals surface area (Å²) in [4.78, 5) is 27.7. The molecule has 2 N–H and O–H groups in total. The summed E-state index contributed by atoms with van der Waals surface area (Å²) in [6.45, 7) is 2.51.